The minimum absolute atomic E-state index is 0.207. The zero-order valence-electron chi connectivity index (χ0n) is 13.9. The van der Waals surface area contributed by atoms with E-state index in [4.69, 9.17) is 9.26 Å². The Morgan fingerprint density at radius 1 is 1.32 bits per heavy atom. The topological polar surface area (TPSA) is 82.3 Å². The number of carbonyl (C=O) groups is 2. The first-order valence-corrected chi connectivity index (χ1v) is 8.88. The number of ketones is 1. The van der Waals surface area contributed by atoms with E-state index in [0.29, 0.717) is 33.2 Å². The molecule has 1 aliphatic rings. The van der Waals surface area contributed by atoms with Crippen molar-refractivity contribution < 1.29 is 18.8 Å². The second kappa shape index (κ2) is 6.07. The number of pyridine rings is 1. The number of esters is 1. The molecule has 128 valence electrons. The standard InChI is InChI=1S/C18H16N2O4S/c1-9-3-6-15(25-9)14(21)8-23-18(22)12-7-13(11-4-5-11)19-17-16(12)10(2)20-24-17/h3,6-7,11H,4-5,8H2,1-2H3. The number of aryl methyl sites for hydroxylation is 2. The van der Waals surface area contributed by atoms with Crippen LogP contribution in [0.4, 0.5) is 0 Å². The zero-order valence-corrected chi connectivity index (χ0v) is 14.7. The molecule has 0 radical (unpaired) electrons. The summed E-state index contributed by atoms with van der Waals surface area (Å²) in [6, 6.07) is 5.36. The molecule has 6 nitrogen and oxygen atoms in total. The Bertz CT molecular complexity index is 984. The van der Waals surface area contributed by atoms with Gasteiger partial charge in [0, 0.05) is 16.5 Å². The van der Waals surface area contributed by atoms with Gasteiger partial charge in [-0.1, -0.05) is 5.16 Å². The summed E-state index contributed by atoms with van der Waals surface area (Å²) < 4.78 is 10.5. The lowest BCUT2D eigenvalue weighted by atomic mass is 10.1. The second-order valence-electron chi connectivity index (χ2n) is 6.23. The average Bonchev–Trinajstić information content (AvgIpc) is 3.27. The highest BCUT2D eigenvalue weighted by Gasteiger charge is 2.29. The van der Waals surface area contributed by atoms with E-state index in [9.17, 15) is 9.59 Å². The van der Waals surface area contributed by atoms with Crippen LogP contribution in [0.1, 0.15) is 55.1 Å². The molecule has 0 aliphatic heterocycles. The summed E-state index contributed by atoms with van der Waals surface area (Å²) in [6.45, 7) is 3.39. The van der Waals surface area contributed by atoms with E-state index in [1.165, 1.54) is 11.3 Å². The van der Waals surface area contributed by atoms with Crippen LogP contribution >= 0.6 is 11.3 Å². The van der Waals surface area contributed by atoms with Gasteiger partial charge in [0.05, 0.1) is 21.5 Å². The van der Waals surface area contributed by atoms with E-state index in [1.807, 2.05) is 13.0 Å². The Balaban J connectivity index is 1.58. The Morgan fingerprint density at radius 2 is 2.12 bits per heavy atom. The first-order chi connectivity index (χ1) is 12.0. The maximum atomic E-state index is 12.6. The van der Waals surface area contributed by atoms with Crippen molar-refractivity contribution in [3.63, 3.8) is 0 Å². The molecule has 1 fully saturated rings. The summed E-state index contributed by atoms with van der Waals surface area (Å²) in [4.78, 5) is 30.8. The SMILES string of the molecule is Cc1ccc(C(=O)COC(=O)c2cc(C3CC3)nc3onc(C)c23)s1. The van der Waals surface area contributed by atoms with E-state index in [-0.39, 0.29) is 12.4 Å². The number of ether oxygens (including phenoxy) is 1. The number of rotatable bonds is 5. The van der Waals surface area contributed by atoms with Crippen molar-refractivity contribution in [3.05, 3.63) is 44.9 Å². The van der Waals surface area contributed by atoms with E-state index < -0.39 is 5.97 Å². The van der Waals surface area contributed by atoms with Gasteiger partial charge in [0.2, 0.25) is 5.78 Å². The van der Waals surface area contributed by atoms with Crippen LogP contribution in [-0.2, 0) is 4.74 Å². The monoisotopic (exact) mass is 356 g/mol. The molecule has 3 aromatic heterocycles. The van der Waals surface area contributed by atoms with E-state index >= 15 is 0 Å². The lowest BCUT2D eigenvalue weighted by Gasteiger charge is -2.06. The summed E-state index contributed by atoms with van der Waals surface area (Å²) >= 11 is 1.39. The number of Topliss-reactive ketones (excluding diaryl/α,β-unsaturated/α-hetero) is 1. The van der Waals surface area contributed by atoms with Crippen LogP contribution in [0.15, 0.2) is 22.7 Å². The van der Waals surface area contributed by atoms with E-state index in [0.717, 1.165) is 23.4 Å². The van der Waals surface area contributed by atoms with Gasteiger partial charge in [0.1, 0.15) is 0 Å². The fourth-order valence-electron chi connectivity index (χ4n) is 2.73. The molecule has 0 saturated heterocycles. The molecule has 7 heteroatoms. The summed E-state index contributed by atoms with van der Waals surface area (Å²) in [5.74, 6) is -0.402. The van der Waals surface area contributed by atoms with Crippen LogP contribution in [0, 0.1) is 13.8 Å². The summed E-state index contributed by atoms with van der Waals surface area (Å²) in [5.41, 5.74) is 2.10. The Morgan fingerprint density at radius 3 is 2.80 bits per heavy atom. The van der Waals surface area contributed by atoms with Gasteiger partial charge in [0.15, 0.2) is 6.61 Å². The maximum Gasteiger partial charge on any atom is 0.339 e. The van der Waals surface area contributed by atoms with Crippen molar-refractivity contribution in [1.29, 1.82) is 0 Å². The number of fused-ring (bicyclic) bond motifs is 1. The number of nitrogens with zero attached hydrogens (tertiary/aromatic N) is 2. The smallest absolute Gasteiger partial charge is 0.339 e. The van der Waals surface area contributed by atoms with Crippen LogP contribution in [0.5, 0.6) is 0 Å². The first kappa shape index (κ1) is 16.0. The number of hydrogen-bond donors (Lipinski definition) is 0. The first-order valence-electron chi connectivity index (χ1n) is 8.06. The highest BCUT2D eigenvalue weighted by atomic mass is 32.1. The Labute approximate surface area is 147 Å². The molecule has 0 bridgehead atoms. The van der Waals surface area contributed by atoms with Crippen LogP contribution < -0.4 is 0 Å². The van der Waals surface area contributed by atoms with Gasteiger partial charge >= 0.3 is 5.97 Å². The molecule has 4 rings (SSSR count). The second-order valence-corrected chi connectivity index (χ2v) is 7.51. The van der Waals surface area contributed by atoms with Crippen molar-refractivity contribution in [1.82, 2.24) is 10.1 Å². The lowest BCUT2D eigenvalue weighted by molar-refractivity contribution is 0.0477. The molecule has 3 aromatic rings. The van der Waals surface area contributed by atoms with Crippen molar-refractivity contribution in [3.8, 4) is 0 Å². The fraction of sp³-hybridized carbons (Fsp3) is 0.333. The third-order valence-corrected chi connectivity index (χ3v) is 5.24. The summed E-state index contributed by atoms with van der Waals surface area (Å²) in [6.07, 6.45) is 2.10. The Kier molecular flexibility index (Phi) is 3.88. The van der Waals surface area contributed by atoms with Gasteiger partial charge in [-0.15, -0.1) is 11.3 Å². The minimum atomic E-state index is -0.553. The number of carbonyl (C=O) groups excluding carboxylic acids is 2. The van der Waals surface area contributed by atoms with Crippen LogP contribution in [-0.4, -0.2) is 28.5 Å². The molecule has 0 unspecified atom stereocenters. The fourth-order valence-corrected chi connectivity index (χ4v) is 3.52. The third-order valence-electron chi connectivity index (χ3n) is 4.20. The number of hydrogen-bond acceptors (Lipinski definition) is 7. The van der Waals surface area contributed by atoms with Gasteiger partial charge in [-0.2, -0.15) is 0 Å². The highest BCUT2D eigenvalue weighted by molar-refractivity contribution is 7.14. The molecule has 0 amide bonds. The summed E-state index contributed by atoms with van der Waals surface area (Å²) in [5, 5.41) is 4.44. The Hall–Kier alpha value is -2.54. The largest absolute Gasteiger partial charge is 0.454 e. The average molecular weight is 356 g/mol. The minimum Gasteiger partial charge on any atom is -0.454 e. The molecule has 1 aliphatic carbocycles. The van der Waals surface area contributed by atoms with Gasteiger partial charge in [-0.05, 0) is 44.9 Å². The van der Waals surface area contributed by atoms with Crippen LogP contribution in [0.3, 0.4) is 0 Å². The van der Waals surface area contributed by atoms with Crippen LogP contribution in [0.2, 0.25) is 0 Å². The molecule has 0 atom stereocenters. The molecule has 0 N–H and O–H groups in total. The van der Waals surface area contributed by atoms with Gasteiger partial charge in [0.25, 0.3) is 5.71 Å². The predicted octanol–water partition coefficient (Wildman–Crippen LogP) is 3.82. The molecule has 0 aromatic carbocycles. The van der Waals surface area contributed by atoms with Gasteiger partial charge < -0.3 is 9.26 Å². The van der Waals surface area contributed by atoms with E-state index in [1.54, 1.807) is 19.1 Å². The van der Waals surface area contributed by atoms with Crippen molar-refractivity contribution in [2.24, 2.45) is 0 Å². The van der Waals surface area contributed by atoms with Crippen molar-refractivity contribution >= 4 is 34.2 Å². The van der Waals surface area contributed by atoms with Gasteiger partial charge in [-0.25, -0.2) is 9.78 Å². The number of thiophene rings is 1. The lowest BCUT2D eigenvalue weighted by Crippen LogP contribution is -2.14. The molecular weight excluding hydrogens is 340 g/mol. The van der Waals surface area contributed by atoms with Gasteiger partial charge in [-0.3, -0.25) is 4.79 Å². The van der Waals surface area contributed by atoms with E-state index in [2.05, 4.69) is 10.1 Å². The molecular formula is C18H16N2O4S. The van der Waals surface area contributed by atoms with Crippen molar-refractivity contribution in [2.75, 3.05) is 6.61 Å². The molecule has 1 saturated carbocycles. The maximum absolute atomic E-state index is 12.6. The summed E-state index contributed by atoms with van der Waals surface area (Å²) in [7, 11) is 0. The highest BCUT2D eigenvalue weighted by Crippen LogP contribution is 2.40. The molecule has 0 spiro atoms. The molecule has 3 heterocycles. The van der Waals surface area contributed by atoms with Crippen molar-refractivity contribution in [2.45, 2.75) is 32.6 Å². The quantitative estimate of drug-likeness (QED) is 0.510. The normalized spacial score (nSPS) is 14.0. The predicted molar refractivity (Wildman–Crippen MR) is 92.2 cm³/mol. The number of aromatic nitrogens is 2. The molecule has 25 heavy (non-hydrogen) atoms. The zero-order chi connectivity index (χ0) is 17.6. The third kappa shape index (κ3) is 3.07. The van der Waals surface area contributed by atoms with Crippen LogP contribution in [0.25, 0.3) is 11.1 Å².